The Morgan fingerprint density at radius 2 is 2.05 bits per heavy atom. The van der Waals surface area contributed by atoms with E-state index in [-0.39, 0.29) is 12.0 Å². The quantitative estimate of drug-likeness (QED) is 0.813. The molecular formula is C15H19N3O. The fraction of sp³-hybridized carbons (Fsp3) is 0.467. The third-order valence-corrected chi connectivity index (χ3v) is 2.82. The lowest BCUT2D eigenvalue weighted by Gasteiger charge is -2.24. The van der Waals surface area contributed by atoms with Crippen molar-refractivity contribution in [1.82, 2.24) is 0 Å². The Morgan fingerprint density at radius 3 is 2.74 bits per heavy atom. The van der Waals surface area contributed by atoms with E-state index in [0.717, 1.165) is 18.7 Å². The van der Waals surface area contributed by atoms with Crippen LogP contribution in [0.4, 0.5) is 5.69 Å². The Kier molecular flexibility index (Phi) is 5.70. The molecule has 100 valence electrons. The highest BCUT2D eigenvalue weighted by Crippen LogP contribution is 2.24. The smallest absolute Gasteiger partial charge is 0.174 e. The van der Waals surface area contributed by atoms with Crippen LogP contribution in [0, 0.1) is 28.1 Å². The molecule has 1 N–H and O–H groups in total. The van der Waals surface area contributed by atoms with Crippen LogP contribution >= 0.6 is 0 Å². The van der Waals surface area contributed by atoms with Gasteiger partial charge in [0, 0.05) is 24.7 Å². The summed E-state index contributed by atoms with van der Waals surface area (Å²) in [5.41, 5.74) is 1.03. The van der Waals surface area contributed by atoms with E-state index in [2.05, 4.69) is 25.2 Å². The first-order valence-corrected chi connectivity index (χ1v) is 6.28. The predicted octanol–water partition coefficient (Wildman–Crippen LogP) is 3.33. The Labute approximate surface area is 114 Å². The average Bonchev–Trinajstić information content (AvgIpc) is 2.41. The van der Waals surface area contributed by atoms with Crippen LogP contribution in [0.25, 0.3) is 0 Å². The zero-order valence-electron chi connectivity index (χ0n) is 11.4. The molecule has 0 unspecified atom stereocenters. The number of ether oxygens (including phenoxy) is 1. The maximum Gasteiger partial charge on any atom is 0.174 e. The van der Waals surface area contributed by atoms with Crippen LogP contribution < -0.4 is 10.1 Å². The molecule has 0 saturated carbocycles. The fourth-order valence-corrected chi connectivity index (χ4v) is 1.64. The molecule has 1 aromatic carbocycles. The van der Waals surface area contributed by atoms with Gasteiger partial charge in [0.25, 0.3) is 0 Å². The summed E-state index contributed by atoms with van der Waals surface area (Å²) in [6, 6.07) is 11.7. The van der Waals surface area contributed by atoms with Gasteiger partial charge in [0.15, 0.2) is 6.61 Å². The highest BCUT2D eigenvalue weighted by Gasteiger charge is 2.16. The molecule has 0 bridgehead atoms. The molecule has 0 amide bonds. The Bertz CT molecular complexity index is 483. The highest BCUT2D eigenvalue weighted by molar-refractivity contribution is 5.48. The third-order valence-electron chi connectivity index (χ3n) is 2.82. The number of hydrogen-bond donors (Lipinski definition) is 1. The summed E-state index contributed by atoms with van der Waals surface area (Å²) in [6.07, 6.45) is 1.43. The Balaban J connectivity index is 2.53. The molecule has 0 aliphatic rings. The second-order valence-electron chi connectivity index (χ2n) is 5.15. The minimum Gasteiger partial charge on any atom is -0.479 e. The van der Waals surface area contributed by atoms with E-state index < -0.39 is 0 Å². The van der Waals surface area contributed by atoms with Crippen LogP contribution in [0.5, 0.6) is 5.75 Å². The van der Waals surface area contributed by atoms with Crippen molar-refractivity contribution in [3.05, 3.63) is 24.3 Å². The summed E-state index contributed by atoms with van der Waals surface area (Å²) in [5.74, 6) is 0.682. The van der Waals surface area contributed by atoms with Crippen molar-refractivity contribution in [2.75, 3.05) is 18.5 Å². The number of nitriles is 2. The Morgan fingerprint density at radius 1 is 1.26 bits per heavy atom. The van der Waals surface area contributed by atoms with Gasteiger partial charge >= 0.3 is 0 Å². The van der Waals surface area contributed by atoms with Gasteiger partial charge in [0.1, 0.15) is 11.8 Å². The maximum atomic E-state index is 8.62. The molecule has 0 fully saturated rings. The van der Waals surface area contributed by atoms with Crippen LogP contribution in [0.2, 0.25) is 0 Å². The minimum atomic E-state index is 0.0527. The molecule has 0 heterocycles. The predicted molar refractivity (Wildman–Crippen MR) is 74.7 cm³/mol. The van der Waals surface area contributed by atoms with E-state index in [1.807, 2.05) is 30.3 Å². The first-order chi connectivity index (χ1) is 9.07. The topological polar surface area (TPSA) is 68.8 Å². The van der Waals surface area contributed by atoms with Crippen molar-refractivity contribution >= 4 is 5.69 Å². The first-order valence-electron chi connectivity index (χ1n) is 6.28. The Hall–Kier alpha value is -2.20. The molecule has 1 rings (SSSR count). The lowest BCUT2D eigenvalue weighted by Crippen LogP contribution is -2.22. The van der Waals surface area contributed by atoms with E-state index in [9.17, 15) is 0 Å². The van der Waals surface area contributed by atoms with Gasteiger partial charge in [0.2, 0.25) is 0 Å². The number of nitrogens with zero attached hydrogens (tertiary/aromatic N) is 2. The van der Waals surface area contributed by atoms with E-state index in [1.54, 1.807) is 0 Å². The molecule has 0 saturated heterocycles. The fourth-order valence-electron chi connectivity index (χ4n) is 1.64. The average molecular weight is 257 g/mol. The highest BCUT2D eigenvalue weighted by atomic mass is 16.5. The van der Waals surface area contributed by atoms with Crippen LogP contribution in [0.15, 0.2) is 24.3 Å². The summed E-state index contributed by atoms with van der Waals surface area (Å²) in [7, 11) is 0. The minimum absolute atomic E-state index is 0.0527. The number of hydrogen-bond acceptors (Lipinski definition) is 4. The SMILES string of the molecule is CC(C)(CCC#N)CNc1cccc(OCC#N)c1. The summed E-state index contributed by atoms with van der Waals surface area (Å²) >= 11 is 0. The molecule has 1 aromatic rings. The largest absolute Gasteiger partial charge is 0.479 e. The van der Waals surface area contributed by atoms with Crippen LogP contribution in [-0.2, 0) is 0 Å². The second-order valence-corrected chi connectivity index (χ2v) is 5.15. The van der Waals surface area contributed by atoms with E-state index in [0.29, 0.717) is 12.2 Å². The van der Waals surface area contributed by atoms with Crippen molar-refractivity contribution in [2.45, 2.75) is 26.7 Å². The molecule has 0 aromatic heterocycles. The van der Waals surface area contributed by atoms with E-state index in [1.165, 1.54) is 0 Å². The summed E-state index contributed by atoms with van der Waals surface area (Å²) in [5, 5.41) is 20.4. The van der Waals surface area contributed by atoms with Gasteiger partial charge in [-0.1, -0.05) is 19.9 Å². The van der Waals surface area contributed by atoms with Crippen molar-refractivity contribution in [3.8, 4) is 17.9 Å². The number of nitrogens with one attached hydrogen (secondary N) is 1. The first kappa shape index (κ1) is 14.9. The van der Waals surface area contributed by atoms with E-state index in [4.69, 9.17) is 15.3 Å². The lowest BCUT2D eigenvalue weighted by atomic mass is 9.88. The normalized spacial score (nSPS) is 10.3. The lowest BCUT2D eigenvalue weighted by molar-refractivity contribution is 0.362. The molecule has 0 radical (unpaired) electrons. The van der Waals surface area contributed by atoms with E-state index >= 15 is 0 Å². The molecule has 0 atom stereocenters. The molecular weight excluding hydrogens is 238 g/mol. The van der Waals surface area contributed by atoms with Gasteiger partial charge in [0.05, 0.1) is 6.07 Å². The van der Waals surface area contributed by atoms with Crippen molar-refractivity contribution in [2.24, 2.45) is 5.41 Å². The number of anilines is 1. The standard InChI is InChI=1S/C15H19N3O/c1-15(2,7-4-8-16)12-18-13-5-3-6-14(11-13)19-10-9-17/h3,5-6,11,18H,4,7,10,12H2,1-2H3. The van der Waals surface area contributed by atoms with Crippen molar-refractivity contribution in [1.29, 1.82) is 10.5 Å². The second kappa shape index (κ2) is 7.28. The molecule has 4 heteroatoms. The number of rotatable bonds is 7. The third kappa shape index (κ3) is 5.79. The van der Waals surface area contributed by atoms with Gasteiger partial charge in [-0.15, -0.1) is 0 Å². The summed E-state index contributed by atoms with van der Waals surface area (Å²) in [4.78, 5) is 0. The molecule has 0 aliphatic carbocycles. The summed E-state index contributed by atoms with van der Waals surface area (Å²) in [6.45, 7) is 5.11. The van der Waals surface area contributed by atoms with Crippen LogP contribution in [0.1, 0.15) is 26.7 Å². The van der Waals surface area contributed by atoms with Crippen LogP contribution in [-0.4, -0.2) is 13.2 Å². The van der Waals surface area contributed by atoms with Gasteiger partial charge in [-0.3, -0.25) is 0 Å². The van der Waals surface area contributed by atoms with Gasteiger partial charge < -0.3 is 10.1 Å². The zero-order chi connectivity index (χ0) is 14.1. The maximum absolute atomic E-state index is 8.62. The van der Waals surface area contributed by atoms with Gasteiger partial charge in [-0.2, -0.15) is 10.5 Å². The molecule has 19 heavy (non-hydrogen) atoms. The van der Waals surface area contributed by atoms with Gasteiger partial charge in [-0.05, 0) is 24.0 Å². The van der Waals surface area contributed by atoms with Crippen molar-refractivity contribution in [3.63, 3.8) is 0 Å². The van der Waals surface area contributed by atoms with Crippen LogP contribution in [0.3, 0.4) is 0 Å². The molecule has 0 aliphatic heterocycles. The summed E-state index contributed by atoms with van der Waals surface area (Å²) < 4.78 is 5.25. The van der Waals surface area contributed by atoms with Gasteiger partial charge in [-0.25, -0.2) is 0 Å². The monoisotopic (exact) mass is 257 g/mol. The van der Waals surface area contributed by atoms with Crippen molar-refractivity contribution < 1.29 is 4.74 Å². The molecule has 0 spiro atoms. The molecule has 4 nitrogen and oxygen atoms in total. The zero-order valence-corrected chi connectivity index (χ0v) is 11.4. The number of benzene rings is 1.